The van der Waals surface area contributed by atoms with E-state index in [0.29, 0.717) is 0 Å². The monoisotopic (exact) mass is 326 g/mol. The van der Waals surface area contributed by atoms with E-state index >= 15 is 0 Å². The van der Waals surface area contributed by atoms with Crippen molar-refractivity contribution in [3.8, 4) is 21.8 Å². The highest BCUT2D eigenvalue weighted by molar-refractivity contribution is 7.18. The molecule has 0 bridgehead atoms. The van der Waals surface area contributed by atoms with Gasteiger partial charge in [0.05, 0.1) is 10.7 Å². The fourth-order valence-electron chi connectivity index (χ4n) is 3.07. The molecule has 2 N–H and O–H groups in total. The Morgan fingerprint density at radius 1 is 1.09 bits per heavy atom. The van der Waals surface area contributed by atoms with Gasteiger partial charge in [-0.25, -0.2) is 4.98 Å². The molecule has 1 aliphatic rings. The molecule has 0 amide bonds. The average Bonchev–Trinajstić information content (AvgIpc) is 3.11. The molecule has 1 aromatic carbocycles. The van der Waals surface area contributed by atoms with Gasteiger partial charge in [0.25, 0.3) is 0 Å². The van der Waals surface area contributed by atoms with Gasteiger partial charge in [-0.1, -0.05) is 29.8 Å². The van der Waals surface area contributed by atoms with Gasteiger partial charge in [-0.05, 0) is 38.2 Å². The zero-order valence-electron chi connectivity index (χ0n) is 12.6. The SMILES string of the molecule is Cc1ccc(-c2csc(-c3c(N)sc4c3CCCC4)n2)cc1. The van der Waals surface area contributed by atoms with E-state index in [1.807, 2.05) is 0 Å². The molecule has 2 nitrogen and oxygen atoms in total. The molecule has 0 spiro atoms. The molecule has 0 fully saturated rings. The minimum Gasteiger partial charge on any atom is -0.390 e. The van der Waals surface area contributed by atoms with Gasteiger partial charge in [-0.2, -0.15) is 0 Å². The van der Waals surface area contributed by atoms with Crippen LogP contribution in [0.3, 0.4) is 0 Å². The Balaban J connectivity index is 1.76. The molecule has 0 saturated carbocycles. The number of benzene rings is 1. The largest absolute Gasteiger partial charge is 0.390 e. The third kappa shape index (κ3) is 2.36. The van der Waals surface area contributed by atoms with E-state index in [1.54, 1.807) is 22.7 Å². The number of hydrogen-bond donors (Lipinski definition) is 1. The highest BCUT2D eigenvalue weighted by Gasteiger charge is 2.22. The number of rotatable bonds is 2. The number of nitrogens with zero attached hydrogens (tertiary/aromatic N) is 1. The number of aryl methyl sites for hydroxylation is 2. The van der Waals surface area contributed by atoms with Gasteiger partial charge in [0.2, 0.25) is 0 Å². The van der Waals surface area contributed by atoms with Crippen molar-refractivity contribution < 1.29 is 0 Å². The second-order valence-electron chi connectivity index (χ2n) is 5.85. The van der Waals surface area contributed by atoms with Crippen LogP contribution in [0.5, 0.6) is 0 Å². The topological polar surface area (TPSA) is 38.9 Å². The molecule has 4 heteroatoms. The summed E-state index contributed by atoms with van der Waals surface area (Å²) in [4.78, 5) is 6.34. The first-order valence-electron chi connectivity index (χ1n) is 7.65. The number of anilines is 1. The molecule has 22 heavy (non-hydrogen) atoms. The molecule has 2 heterocycles. The van der Waals surface area contributed by atoms with Crippen molar-refractivity contribution in [3.63, 3.8) is 0 Å². The molecule has 0 unspecified atom stereocenters. The van der Waals surface area contributed by atoms with Crippen molar-refractivity contribution in [2.75, 3.05) is 5.73 Å². The van der Waals surface area contributed by atoms with Crippen molar-refractivity contribution in [2.45, 2.75) is 32.6 Å². The lowest BCUT2D eigenvalue weighted by Gasteiger charge is -2.11. The van der Waals surface area contributed by atoms with E-state index in [9.17, 15) is 0 Å². The van der Waals surface area contributed by atoms with Crippen LogP contribution in [0.25, 0.3) is 21.8 Å². The van der Waals surface area contributed by atoms with Gasteiger partial charge in [-0.15, -0.1) is 22.7 Å². The summed E-state index contributed by atoms with van der Waals surface area (Å²) < 4.78 is 0. The van der Waals surface area contributed by atoms with Crippen molar-refractivity contribution >= 4 is 27.7 Å². The van der Waals surface area contributed by atoms with Crippen LogP contribution in [0, 0.1) is 6.92 Å². The molecule has 2 aromatic heterocycles. The third-order valence-electron chi connectivity index (χ3n) is 4.26. The van der Waals surface area contributed by atoms with Gasteiger partial charge in [-0.3, -0.25) is 0 Å². The Bertz CT molecular complexity index is 812. The van der Waals surface area contributed by atoms with Gasteiger partial charge in [0.1, 0.15) is 5.01 Å². The van der Waals surface area contributed by atoms with Crippen LogP contribution >= 0.6 is 22.7 Å². The number of nitrogens with two attached hydrogens (primary N) is 1. The highest BCUT2D eigenvalue weighted by Crippen LogP contribution is 2.44. The van der Waals surface area contributed by atoms with Gasteiger partial charge >= 0.3 is 0 Å². The van der Waals surface area contributed by atoms with Crippen molar-refractivity contribution in [1.82, 2.24) is 4.98 Å². The maximum atomic E-state index is 6.31. The number of thiophene rings is 1. The van der Waals surface area contributed by atoms with Crippen LogP contribution in [0.15, 0.2) is 29.6 Å². The maximum absolute atomic E-state index is 6.31. The lowest BCUT2D eigenvalue weighted by atomic mass is 9.96. The van der Waals surface area contributed by atoms with E-state index in [4.69, 9.17) is 10.7 Å². The molecular formula is C18H18N2S2. The normalized spacial score (nSPS) is 14.0. The molecule has 0 atom stereocenters. The van der Waals surface area contributed by atoms with Crippen molar-refractivity contribution in [1.29, 1.82) is 0 Å². The Hall–Kier alpha value is -1.65. The fourth-order valence-corrected chi connectivity index (χ4v) is 5.21. The smallest absolute Gasteiger partial charge is 0.127 e. The first kappa shape index (κ1) is 14.0. The zero-order valence-corrected chi connectivity index (χ0v) is 14.2. The van der Waals surface area contributed by atoms with E-state index in [2.05, 4.69) is 36.6 Å². The predicted molar refractivity (Wildman–Crippen MR) is 96.7 cm³/mol. The Kier molecular flexibility index (Phi) is 3.51. The van der Waals surface area contributed by atoms with Gasteiger partial charge in [0.15, 0.2) is 0 Å². The van der Waals surface area contributed by atoms with Crippen LogP contribution < -0.4 is 5.73 Å². The summed E-state index contributed by atoms with van der Waals surface area (Å²) in [6, 6.07) is 8.55. The summed E-state index contributed by atoms with van der Waals surface area (Å²) in [7, 11) is 0. The molecule has 3 aromatic rings. The Morgan fingerprint density at radius 3 is 2.68 bits per heavy atom. The van der Waals surface area contributed by atoms with E-state index in [0.717, 1.165) is 22.1 Å². The summed E-state index contributed by atoms with van der Waals surface area (Å²) >= 11 is 3.47. The summed E-state index contributed by atoms with van der Waals surface area (Å²) in [6.45, 7) is 2.11. The molecule has 0 saturated heterocycles. The minimum atomic E-state index is 0.941. The van der Waals surface area contributed by atoms with E-state index < -0.39 is 0 Å². The highest BCUT2D eigenvalue weighted by atomic mass is 32.1. The van der Waals surface area contributed by atoms with Crippen LogP contribution in [0.2, 0.25) is 0 Å². The van der Waals surface area contributed by atoms with Crippen LogP contribution in [-0.4, -0.2) is 4.98 Å². The second kappa shape index (κ2) is 5.52. The molecule has 0 aliphatic heterocycles. The van der Waals surface area contributed by atoms with Crippen LogP contribution in [0.1, 0.15) is 28.8 Å². The molecule has 1 aliphatic carbocycles. The third-order valence-corrected chi connectivity index (χ3v) is 6.24. The van der Waals surface area contributed by atoms with Crippen molar-refractivity contribution in [3.05, 3.63) is 45.6 Å². The maximum Gasteiger partial charge on any atom is 0.127 e. The fraction of sp³-hybridized carbons (Fsp3) is 0.278. The first-order valence-corrected chi connectivity index (χ1v) is 9.35. The number of hydrogen-bond acceptors (Lipinski definition) is 4. The molecule has 112 valence electrons. The summed E-state index contributed by atoms with van der Waals surface area (Å²) in [5.74, 6) is 0. The van der Waals surface area contributed by atoms with Gasteiger partial charge in [0, 0.05) is 21.4 Å². The number of nitrogen functional groups attached to an aromatic ring is 1. The lowest BCUT2D eigenvalue weighted by molar-refractivity contribution is 0.698. The summed E-state index contributed by atoms with van der Waals surface area (Å²) in [5, 5.41) is 4.16. The number of thiazole rings is 1. The van der Waals surface area contributed by atoms with E-state index in [-0.39, 0.29) is 0 Å². The second-order valence-corrected chi connectivity index (χ2v) is 7.85. The standard InChI is InChI=1S/C18H18N2S2/c1-11-6-8-12(9-7-11)14-10-21-18(20-14)16-13-4-2-3-5-15(13)22-17(16)19/h6-10H,2-5,19H2,1H3. The predicted octanol–water partition coefficient (Wildman–Crippen LogP) is 5.31. The molecular weight excluding hydrogens is 308 g/mol. The van der Waals surface area contributed by atoms with Crippen LogP contribution in [-0.2, 0) is 12.8 Å². The van der Waals surface area contributed by atoms with E-state index in [1.165, 1.54) is 46.4 Å². The van der Waals surface area contributed by atoms with Crippen LogP contribution in [0.4, 0.5) is 5.00 Å². The Labute approximate surface area is 138 Å². The minimum absolute atomic E-state index is 0.941. The summed E-state index contributed by atoms with van der Waals surface area (Å²) in [6.07, 6.45) is 4.89. The van der Waals surface area contributed by atoms with Crippen molar-refractivity contribution in [2.24, 2.45) is 0 Å². The molecule has 4 rings (SSSR count). The quantitative estimate of drug-likeness (QED) is 0.693. The summed E-state index contributed by atoms with van der Waals surface area (Å²) in [5.41, 5.74) is 12.5. The lowest BCUT2D eigenvalue weighted by Crippen LogP contribution is -1.99. The number of fused-ring (bicyclic) bond motifs is 1. The number of aromatic nitrogens is 1. The Morgan fingerprint density at radius 2 is 1.86 bits per heavy atom. The first-order chi connectivity index (χ1) is 10.7. The van der Waals surface area contributed by atoms with Gasteiger partial charge < -0.3 is 5.73 Å². The zero-order chi connectivity index (χ0) is 15.1. The average molecular weight is 326 g/mol. The molecule has 0 radical (unpaired) electrons.